The summed E-state index contributed by atoms with van der Waals surface area (Å²) < 4.78 is 1.63. The molecule has 8 nitrogen and oxygen atoms in total. The number of hydrogen-bond acceptors (Lipinski definition) is 6. The predicted molar refractivity (Wildman–Crippen MR) is 124 cm³/mol. The topological polar surface area (TPSA) is 107 Å². The standard InChI is InChI=1S/C23H28N6O2S/c1-2-3-7-18-10-12-20(13-11-18)29-23(25-26-27-29)32-17-22(31)28(15-14-21(24)30)16-19-8-5-4-6-9-19/h4-6,8-13H,2-3,7,14-17H2,1H3,(H2,24,30). The fourth-order valence-corrected chi connectivity index (χ4v) is 3.97. The number of unbranched alkanes of at least 4 members (excludes halogenated alkanes) is 1. The van der Waals surface area contributed by atoms with E-state index in [4.69, 9.17) is 5.73 Å². The molecule has 1 aromatic heterocycles. The second-order valence-corrected chi connectivity index (χ2v) is 8.39. The number of rotatable bonds is 12. The predicted octanol–water partition coefficient (Wildman–Crippen LogP) is 3.00. The van der Waals surface area contributed by atoms with E-state index in [9.17, 15) is 9.59 Å². The van der Waals surface area contributed by atoms with Crippen molar-refractivity contribution in [1.82, 2.24) is 25.1 Å². The summed E-state index contributed by atoms with van der Waals surface area (Å²) in [6.45, 7) is 2.86. The number of aromatic nitrogens is 4. The first kappa shape index (κ1) is 23.5. The van der Waals surface area contributed by atoms with E-state index in [2.05, 4.69) is 34.6 Å². The van der Waals surface area contributed by atoms with Crippen molar-refractivity contribution in [1.29, 1.82) is 0 Å². The maximum atomic E-state index is 12.9. The minimum Gasteiger partial charge on any atom is -0.370 e. The van der Waals surface area contributed by atoms with Gasteiger partial charge in [0.15, 0.2) is 0 Å². The Kier molecular flexibility index (Phi) is 8.79. The van der Waals surface area contributed by atoms with E-state index >= 15 is 0 Å². The number of tetrazole rings is 1. The molecule has 0 unspecified atom stereocenters. The zero-order chi connectivity index (χ0) is 22.8. The number of primary amides is 1. The van der Waals surface area contributed by atoms with Gasteiger partial charge in [0, 0.05) is 19.5 Å². The van der Waals surface area contributed by atoms with Gasteiger partial charge in [-0.15, -0.1) is 5.10 Å². The van der Waals surface area contributed by atoms with E-state index in [1.807, 2.05) is 42.5 Å². The van der Waals surface area contributed by atoms with Gasteiger partial charge in [-0.25, -0.2) is 0 Å². The Labute approximate surface area is 192 Å². The Morgan fingerprint density at radius 3 is 2.50 bits per heavy atom. The first-order valence-electron chi connectivity index (χ1n) is 10.7. The summed E-state index contributed by atoms with van der Waals surface area (Å²) in [6, 6.07) is 17.8. The number of nitrogens with zero attached hydrogens (tertiary/aromatic N) is 5. The van der Waals surface area contributed by atoms with Gasteiger partial charge in [0.1, 0.15) is 0 Å². The summed E-state index contributed by atoms with van der Waals surface area (Å²) in [5, 5.41) is 12.5. The highest BCUT2D eigenvalue weighted by atomic mass is 32.2. The first-order chi connectivity index (χ1) is 15.6. The lowest BCUT2D eigenvalue weighted by Crippen LogP contribution is -2.34. The number of benzene rings is 2. The van der Waals surface area contributed by atoms with E-state index in [0.717, 1.165) is 30.5 Å². The van der Waals surface area contributed by atoms with Gasteiger partial charge in [-0.05, 0) is 46.5 Å². The van der Waals surface area contributed by atoms with Gasteiger partial charge < -0.3 is 10.6 Å². The molecule has 32 heavy (non-hydrogen) atoms. The van der Waals surface area contributed by atoms with E-state index in [1.54, 1.807) is 9.58 Å². The first-order valence-corrected chi connectivity index (χ1v) is 11.7. The molecule has 168 valence electrons. The number of thioether (sulfide) groups is 1. The molecule has 0 aliphatic carbocycles. The summed E-state index contributed by atoms with van der Waals surface area (Å²) in [5.74, 6) is -0.389. The molecule has 0 atom stereocenters. The Hall–Kier alpha value is -3.20. The van der Waals surface area contributed by atoms with E-state index in [0.29, 0.717) is 11.7 Å². The van der Waals surface area contributed by atoms with Crippen LogP contribution < -0.4 is 5.73 Å². The molecule has 2 aromatic carbocycles. The van der Waals surface area contributed by atoms with E-state index in [1.165, 1.54) is 17.3 Å². The zero-order valence-corrected chi connectivity index (χ0v) is 19.0. The van der Waals surface area contributed by atoms with Gasteiger partial charge in [0.25, 0.3) is 0 Å². The highest BCUT2D eigenvalue weighted by molar-refractivity contribution is 7.99. The van der Waals surface area contributed by atoms with Crippen molar-refractivity contribution in [3.05, 3.63) is 65.7 Å². The number of aryl methyl sites for hydroxylation is 1. The number of amides is 2. The van der Waals surface area contributed by atoms with E-state index < -0.39 is 5.91 Å². The Balaban J connectivity index is 1.65. The number of carbonyl (C=O) groups excluding carboxylic acids is 2. The van der Waals surface area contributed by atoms with Crippen molar-refractivity contribution in [3.8, 4) is 5.69 Å². The van der Waals surface area contributed by atoms with Crippen molar-refractivity contribution in [3.63, 3.8) is 0 Å². The third-order valence-electron chi connectivity index (χ3n) is 4.96. The molecule has 0 bridgehead atoms. The minimum absolute atomic E-state index is 0.107. The SMILES string of the molecule is CCCCc1ccc(-n2nnnc2SCC(=O)N(CCC(N)=O)Cc2ccccc2)cc1. The van der Waals surface area contributed by atoms with Crippen LogP contribution >= 0.6 is 11.8 Å². The highest BCUT2D eigenvalue weighted by Gasteiger charge is 2.18. The third kappa shape index (κ3) is 6.91. The number of nitrogens with two attached hydrogens (primary N) is 1. The van der Waals surface area contributed by atoms with Gasteiger partial charge in [-0.2, -0.15) is 4.68 Å². The highest BCUT2D eigenvalue weighted by Crippen LogP contribution is 2.20. The molecule has 0 fully saturated rings. The largest absolute Gasteiger partial charge is 0.370 e. The molecule has 0 radical (unpaired) electrons. The van der Waals surface area contributed by atoms with Gasteiger partial charge >= 0.3 is 0 Å². The van der Waals surface area contributed by atoms with Gasteiger partial charge in [0.05, 0.1) is 11.4 Å². The molecular weight excluding hydrogens is 424 g/mol. The lowest BCUT2D eigenvalue weighted by Gasteiger charge is -2.22. The molecule has 0 saturated carbocycles. The molecule has 9 heteroatoms. The minimum atomic E-state index is -0.435. The third-order valence-corrected chi connectivity index (χ3v) is 5.87. The van der Waals surface area contributed by atoms with Crippen LogP contribution in [0.4, 0.5) is 0 Å². The molecule has 0 spiro atoms. The summed E-state index contributed by atoms with van der Waals surface area (Å²) in [5.41, 5.74) is 8.41. The number of hydrogen-bond donors (Lipinski definition) is 1. The lowest BCUT2D eigenvalue weighted by atomic mass is 10.1. The summed E-state index contributed by atoms with van der Waals surface area (Å²) >= 11 is 1.27. The summed E-state index contributed by atoms with van der Waals surface area (Å²) in [7, 11) is 0. The second kappa shape index (κ2) is 12.0. The average Bonchev–Trinajstić information content (AvgIpc) is 3.28. The van der Waals surface area contributed by atoms with Crippen LogP contribution in [0.5, 0.6) is 0 Å². The van der Waals surface area contributed by atoms with Crippen molar-refractivity contribution in [2.75, 3.05) is 12.3 Å². The smallest absolute Gasteiger partial charge is 0.233 e. The molecule has 0 aliphatic heterocycles. The molecule has 0 aliphatic rings. The molecule has 0 saturated heterocycles. The maximum Gasteiger partial charge on any atom is 0.233 e. The lowest BCUT2D eigenvalue weighted by molar-refractivity contribution is -0.129. The van der Waals surface area contributed by atoms with Crippen LogP contribution in [0.15, 0.2) is 59.8 Å². The molecule has 3 rings (SSSR count). The monoisotopic (exact) mass is 452 g/mol. The molecule has 1 heterocycles. The van der Waals surface area contributed by atoms with E-state index in [-0.39, 0.29) is 24.6 Å². The fourth-order valence-electron chi connectivity index (χ4n) is 3.17. The van der Waals surface area contributed by atoms with Crippen LogP contribution in [0.25, 0.3) is 5.69 Å². The summed E-state index contributed by atoms with van der Waals surface area (Å²) in [4.78, 5) is 25.8. The van der Waals surface area contributed by atoms with Gasteiger partial charge in [-0.1, -0.05) is 67.6 Å². The van der Waals surface area contributed by atoms with Crippen LogP contribution in [-0.2, 0) is 22.6 Å². The van der Waals surface area contributed by atoms with Crippen molar-refractivity contribution < 1.29 is 9.59 Å². The van der Waals surface area contributed by atoms with Gasteiger partial charge in [0.2, 0.25) is 17.0 Å². The maximum absolute atomic E-state index is 12.9. The van der Waals surface area contributed by atoms with Crippen LogP contribution in [0.3, 0.4) is 0 Å². The van der Waals surface area contributed by atoms with Crippen LogP contribution in [-0.4, -0.2) is 49.2 Å². The number of carbonyl (C=O) groups is 2. The molecule has 2 amide bonds. The Bertz CT molecular complexity index is 1010. The molecule has 3 aromatic rings. The van der Waals surface area contributed by atoms with Crippen molar-refractivity contribution in [2.24, 2.45) is 5.73 Å². The van der Waals surface area contributed by atoms with Crippen LogP contribution in [0, 0.1) is 0 Å². The fraction of sp³-hybridized carbons (Fsp3) is 0.348. The quantitative estimate of drug-likeness (QED) is 0.423. The Morgan fingerprint density at radius 1 is 1.06 bits per heavy atom. The molecule has 2 N–H and O–H groups in total. The van der Waals surface area contributed by atoms with Crippen molar-refractivity contribution in [2.45, 2.75) is 44.3 Å². The van der Waals surface area contributed by atoms with Gasteiger partial charge in [-0.3, -0.25) is 9.59 Å². The average molecular weight is 453 g/mol. The summed E-state index contributed by atoms with van der Waals surface area (Å²) in [6.07, 6.45) is 3.48. The Morgan fingerprint density at radius 2 is 1.81 bits per heavy atom. The van der Waals surface area contributed by atoms with Crippen molar-refractivity contribution >= 4 is 23.6 Å². The normalized spacial score (nSPS) is 10.8. The molecular formula is C23H28N6O2S. The second-order valence-electron chi connectivity index (χ2n) is 7.45. The zero-order valence-electron chi connectivity index (χ0n) is 18.2. The van der Waals surface area contributed by atoms with Crippen LogP contribution in [0.2, 0.25) is 0 Å². The van der Waals surface area contributed by atoms with Crippen LogP contribution in [0.1, 0.15) is 37.3 Å².